The smallest absolute Gasteiger partial charge is 0.319 e. The largest absolute Gasteiger partial charge is 0.463 e. The fourth-order valence-corrected chi connectivity index (χ4v) is 12.0. The van der Waals surface area contributed by atoms with Crippen molar-refractivity contribution in [2.45, 2.75) is 76.4 Å². The topological polar surface area (TPSA) is 156 Å². The zero-order valence-electron chi connectivity index (χ0n) is 38.5. The standard InChI is InChI=1S/C52H57FN10O5/c1-31-4-2-5-33-6-3-7-38(43(31)33)45-44(53)46-40(25-54-45)47(62-27-34-8-9-35(28-62)55-34)58-51(57-46)68-30-52(16-17-52)29-60-22-20-59(21-23-60)26-32-14-18-61(19-15-32)36-10-11-37-39(24-36)50(67)63(49(37)66)41-12-13-42(64)56-48(41)65/h2-7,10-11,24-25,32,34-35,41,55H,8-9,12-23,26-30H2,1H3,(H,56,64,65). The number of piperidine rings is 2. The summed E-state index contributed by atoms with van der Waals surface area (Å²) >= 11 is 0. The molecule has 2 N–H and O–H groups in total. The molecule has 15 nitrogen and oxygen atoms in total. The maximum absolute atomic E-state index is 17.0. The van der Waals surface area contributed by atoms with E-state index in [2.05, 4.69) is 55.4 Å². The molecule has 2 aromatic heterocycles. The molecule has 2 bridgehead atoms. The minimum atomic E-state index is -0.971. The molecular weight excluding hydrogens is 864 g/mol. The molecular formula is C52H57FN10O5. The number of piperazine rings is 2. The molecule has 4 amide bonds. The van der Waals surface area contributed by atoms with E-state index in [1.54, 1.807) is 18.3 Å². The van der Waals surface area contributed by atoms with E-state index in [0.717, 1.165) is 136 Å². The van der Waals surface area contributed by atoms with Crippen molar-refractivity contribution in [2.24, 2.45) is 11.3 Å². The second kappa shape index (κ2) is 17.1. The van der Waals surface area contributed by atoms with Gasteiger partial charge in [0.1, 0.15) is 23.1 Å². The van der Waals surface area contributed by atoms with E-state index < -0.39 is 29.6 Å². The van der Waals surface area contributed by atoms with Crippen LogP contribution in [0.25, 0.3) is 32.9 Å². The second-order valence-electron chi connectivity index (χ2n) is 20.5. The number of benzene rings is 3. The van der Waals surface area contributed by atoms with Gasteiger partial charge in [-0.1, -0.05) is 36.4 Å². The lowest BCUT2D eigenvalue weighted by Crippen LogP contribution is -2.54. The number of amides is 4. The minimum Gasteiger partial charge on any atom is -0.463 e. The number of anilines is 2. The van der Waals surface area contributed by atoms with Crippen LogP contribution in [0.2, 0.25) is 0 Å². The number of fused-ring (bicyclic) bond motifs is 5. The highest BCUT2D eigenvalue weighted by Crippen LogP contribution is 2.47. The van der Waals surface area contributed by atoms with E-state index in [0.29, 0.717) is 46.9 Å². The van der Waals surface area contributed by atoms with Crippen LogP contribution < -0.4 is 25.2 Å². The van der Waals surface area contributed by atoms with Gasteiger partial charge in [-0.05, 0) is 92.3 Å². The summed E-state index contributed by atoms with van der Waals surface area (Å²) in [7, 11) is 0. The van der Waals surface area contributed by atoms with Gasteiger partial charge in [0.25, 0.3) is 11.8 Å². The zero-order chi connectivity index (χ0) is 46.3. The first-order chi connectivity index (χ1) is 33.1. The van der Waals surface area contributed by atoms with Crippen molar-refractivity contribution in [3.8, 4) is 17.3 Å². The van der Waals surface area contributed by atoms with Gasteiger partial charge >= 0.3 is 6.01 Å². The summed E-state index contributed by atoms with van der Waals surface area (Å²) in [6.07, 6.45) is 8.44. The Balaban J connectivity index is 0.670. The highest BCUT2D eigenvalue weighted by atomic mass is 19.1. The highest BCUT2D eigenvalue weighted by Gasteiger charge is 2.47. The Morgan fingerprint density at radius 2 is 1.53 bits per heavy atom. The van der Waals surface area contributed by atoms with E-state index >= 15 is 4.39 Å². The summed E-state index contributed by atoms with van der Waals surface area (Å²) in [5.41, 5.74) is 3.89. The Labute approximate surface area is 394 Å². The van der Waals surface area contributed by atoms with Crippen molar-refractivity contribution >= 4 is 56.8 Å². The number of carbonyl (C=O) groups is 4. The molecule has 1 aliphatic carbocycles. The third-order valence-electron chi connectivity index (χ3n) is 15.9. The molecule has 8 heterocycles. The van der Waals surface area contributed by atoms with Crippen molar-refractivity contribution < 1.29 is 28.3 Å². The fraction of sp³-hybridized carbons (Fsp3) is 0.481. The number of carbonyl (C=O) groups excluding carboxylic acids is 4. The lowest BCUT2D eigenvalue weighted by atomic mass is 9.95. The van der Waals surface area contributed by atoms with Crippen molar-refractivity contribution in [1.82, 2.24) is 40.3 Å². The van der Waals surface area contributed by atoms with Gasteiger partial charge in [0.2, 0.25) is 11.8 Å². The summed E-state index contributed by atoms with van der Waals surface area (Å²) in [6.45, 7) is 11.9. The molecule has 0 spiro atoms. The van der Waals surface area contributed by atoms with Crippen LogP contribution in [0.5, 0.6) is 6.01 Å². The Bertz CT molecular complexity index is 2860. The van der Waals surface area contributed by atoms with Crippen LogP contribution in [0.15, 0.2) is 60.8 Å². The van der Waals surface area contributed by atoms with Gasteiger partial charge in [-0.2, -0.15) is 9.97 Å². The zero-order valence-corrected chi connectivity index (χ0v) is 38.5. The van der Waals surface area contributed by atoms with Gasteiger partial charge in [0.05, 0.1) is 23.1 Å². The quantitative estimate of drug-likeness (QED) is 0.164. The molecule has 5 saturated heterocycles. The monoisotopic (exact) mass is 920 g/mol. The maximum atomic E-state index is 17.0. The van der Waals surface area contributed by atoms with Crippen LogP contribution in [0.1, 0.15) is 77.6 Å². The third kappa shape index (κ3) is 7.93. The molecule has 3 unspecified atom stereocenters. The second-order valence-corrected chi connectivity index (χ2v) is 20.5. The van der Waals surface area contributed by atoms with E-state index in [1.807, 2.05) is 24.3 Å². The van der Waals surface area contributed by atoms with Crippen LogP contribution in [0, 0.1) is 24.1 Å². The molecule has 5 aromatic rings. The summed E-state index contributed by atoms with van der Waals surface area (Å²) in [5.74, 6) is -1.14. The van der Waals surface area contributed by atoms with Crippen LogP contribution in [-0.2, 0) is 9.59 Å². The highest BCUT2D eigenvalue weighted by molar-refractivity contribution is 6.23. The molecule has 16 heteroatoms. The molecule has 352 valence electrons. The maximum Gasteiger partial charge on any atom is 0.319 e. The van der Waals surface area contributed by atoms with E-state index in [-0.39, 0.29) is 41.4 Å². The average molecular weight is 921 g/mol. The first kappa shape index (κ1) is 43.2. The number of ether oxygens (including phenoxy) is 1. The van der Waals surface area contributed by atoms with E-state index in [9.17, 15) is 19.2 Å². The number of pyridine rings is 1. The normalized spacial score (nSPS) is 24.3. The Kier molecular flexibility index (Phi) is 10.9. The van der Waals surface area contributed by atoms with Gasteiger partial charge in [-0.3, -0.25) is 34.4 Å². The average Bonchev–Trinajstić information content (AvgIpc) is 3.97. The number of nitrogens with zero attached hydrogens (tertiary/aromatic N) is 8. The Hall–Kier alpha value is -6.10. The lowest BCUT2D eigenvalue weighted by Gasteiger charge is -2.40. The van der Waals surface area contributed by atoms with Gasteiger partial charge < -0.3 is 29.7 Å². The van der Waals surface area contributed by atoms with Gasteiger partial charge in [0.15, 0.2) is 5.82 Å². The van der Waals surface area contributed by atoms with Crippen LogP contribution in [0.3, 0.4) is 0 Å². The number of hydrogen-bond donors (Lipinski definition) is 2. The molecule has 3 atom stereocenters. The van der Waals surface area contributed by atoms with Gasteiger partial charge in [-0.25, -0.2) is 4.39 Å². The van der Waals surface area contributed by atoms with Gasteiger partial charge in [0, 0.05) is 107 Å². The van der Waals surface area contributed by atoms with Crippen molar-refractivity contribution in [3.63, 3.8) is 0 Å². The summed E-state index contributed by atoms with van der Waals surface area (Å²) in [4.78, 5) is 76.2. The molecule has 68 heavy (non-hydrogen) atoms. The first-order valence-electron chi connectivity index (χ1n) is 24.6. The Morgan fingerprint density at radius 1 is 0.794 bits per heavy atom. The minimum absolute atomic E-state index is 0.0166. The number of imide groups is 2. The number of rotatable bonds is 11. The summed E-state index contributed by atoms with van der Waals surface area (Å²) < 4.78 is 23.6. The molecule has 1 saturated carbocycles. The summed E-state index contributed by atoms with van der Waals surface area (Å²) in [5, 5.41) is 8.61. The first-order valence-corrected chi connectivity index (χ1v) is 24.6. The number of hydrogen-bond acceptors (Lipinski definition) is 13. The van der Waals surface area contributed by atoms with E-state index in [1.165, 1.54) is 0 Å². The third-order valence-corrected chi connectivity index (χ3v) is 15.9. The van der Waals surface area contributed by atoms with E-state index in [4.69, 9.17) is 19.7 Å². The molecule has 12 rings (SSSR count). The molecule has 0 radical (unpaired) electrons. The number of aryl methyl sites for hydroxylation is 1. The van der Waals surface area contributed by atoms with Crippen molar-refractivity contribution in [3.05, 3.63) is 83.3 Å². The number of aromatic nitrogens is 3. The lowest BCUT2D eigenvalue weighted by molar-refractivity contribution is -0.136. The van der Waals surface area contributed by atoms with Gasteiger partial charge in [-0.15, -0.1) is 0 Å². The number of halogens is 1. The van der Waals surface area contributed by atoms with Crippen LogP contribution in [-0.4, -0.2) is 143 Å². The van der Waals surface area contributed by atoms with Crippen LogP contribution in [0.4, 0.5) is 15.9 Å². The van der Waals surface area contributed by atoms with Crippen molar-refractivity contribution in [2.75, 3.05) is 81.9 Å². The molecule has 7 aliphatic rings. The molecule has 6 aliphatic heterocycles. The molecule has 3 aromatic carbocycles. The van der Waals surface area contributed by atoms with Crippen LogP contribution >= 0.6 is 0 Å². The van der Waals surface area contributed by atoms with Crippen molar-refractivity contribution in [1.29, 1.82) is 0 Å². The predicted molar refractivity (Wildman–Crippen MR) is 255 cm³/mol. The SMILES string of the molecule is Cc1cccc2cccc(-c3ncc4c(N5CC6CCC(C5)N6)nc(OCC5(CN6CCN(CC7CCN(c8ccc9c(c8)C(=O)N(C8CCC(=O)NC8=O)C9=O)CC7)CC6)CC5)nc4c3F)c12. The number of nitrogens with one attached hydrogen (secondary N) is 2. The fourth-order valence-electron chi connectivity index (χ4n) is 12.0. The molecule has 6 fully saturated rings. The Morgan fingerprint density at radius 3 is 2.28 bits per heavy atom. The predicted octanol–water partition coefficient (Wildman–Crippen LogP) is 5.33. The summed E-state index contributed by atoms with van der Waals surface area (Å²) in [6, 6.07) is 17.5.